The molecule has 3 N–H and O–H groups in total. The molecule has 0 saturated carbocycles. The molecule has 1 aromatic rings. The van der Waals surface area contributed by atoms with Gasteiger partial charge in [-0.2, -0.15) is 0 Å². The maximum absolute atomic E-state index is 12.2. The minimum absolute atomic E-state index is 0.00445. The number of nitrogens with zero attached hydrogens (tertiary/aromatic N) is 1. The Labute approximate surface area is 128 Å². The van der Waals surface area contributed by atoms with E-state index in [9.17, 15) is 9.59 Å². The van der Waals surface area contributed by atoms with E-state index in [4.69, 9.17) is 12.2 Å². The molecule has 2 rings (SSSR count). The average molecular weight is 306 g/mol. The van der Waals surface area contributed by atoms with Gasteiger partial charge in [0.2, 0.25) is 5.91 Å². The fraction of sp³-hybridized carbons (Fsp3) is 0.357. The van der Waals surface area contributed by atoms with E-state index in [1.54, 1.807) is 11.9 Å². The van der Waals surface area contributed by atoms with Crippen LogP contribution in [0.2, 0.25) is 0 Å². The lowest BCUT2D eigenvalue weighted by Gasteiger charge is -2.24. The predicted octanol–water partition coefficient (Wildman–Crippen LogP) is 0.303. The normalized spacial score (nSPS) is 17.5. The molecule has 1 aliphatic rings. The van der Waals surface area contributed by atoms with Crippen LogP contribution in [0.3, 0.4) is 0 Å². The molecule has 112 valence electrons. The second-order valence-electron chi connectivity index (χ2n) is 4.76. The van der Waals surface area contributed by atoms with Crippen LogP contribution in [0, 0.1) is 0 Å². The standard InChI is InChI=1S/C14H18N4O2S/c1-15-14(21)17-16-13(20)11-7-8-12(19)18(11)9-10-5-3-2-4-6-10/h2-6,11H,7-9H2,1H3,(H,16,20)(H2,15,17,21). The highest BCUT2D eigenvalue weighted by molar-refractivity contribution is 7.80. The Kier molecular flexibility index (Phi) is 5.10. The molecule has 1 heterocycles. The number of nitrogens with one attached hydrogen (secondary N) is 3. The third-order valence-corrected chi connectivity index (χ3v) is 3.66. The van der Waals surface area contributed by atoms with Gasteiger partial charge in [0.1, 0.15) is 6.04 Å². The van der Waals surface area contributed by atoms with Gasteiger partial charge in [-0.05, 0) is 24.2 Å². The van der Waals surface area contributed by atoms with Gasteiger partial charge in [-0.3, -0.25) is 20.4 Å². The van der Waals surface area contributed by atoms with E-state index < -0.39 is 6.04 Å². The second kappa shape index (κ2) is 7.03. The van der Waals surface area contributed by atoms with Gasteiger partial charge < -0.3 is 10.2 Å². The zero-order valence-electron chi connectivity index (χ0n) is 11.8. The van der Waals surface area contributed by atoms with Gasteiger partial charge >= 0.3 is 0 Å². The van der Waals surface area contributed by atoms with Crippen molar-refractivity contribution in [3.05, 3.63) is 35.9 Å². The Hall–Kier alpha value is -2.15. The molecule has 0 spiro atoms. The molecule has 7 heteroatoms. The molecular formula is C14H18N4O2S. The van der Waals surface area contributed by atoms with Crippen LogP contribution in [-0.4, -0.2) is 34.9 Å². The number of benzene rings is 1. The molecule has 0 radical (unpaired) electrons. The number of thiocarbonyl (C=S) groups is 1. The molecule has 1 aromatic carbocycles. The van der Waals surface area contributed by atoms with Crippen LogP contribution in [0.5, 0.6) is 0 Å². The topological polar surface area (TPSA) is 73.5 Å². The van der Waals surface area contributed by atoms with E-state index >= 15 is 0 Å². The van der Waals surface area contributed by atoms with E-state index in [0.29, 0.717) is 24.5 Å². The van der Waals surface area contributed by atoms with Crippen molar-refractivity contribution in [3.8, 4) is 0 Å². The van der Waals surface area contributed by atoms with Crippen molar-refractivity contribution in [3.63, 3.8) is 0 Å². The molecule has 2 amide bonds. The second-order valence-corrected chi connectivity index (χ2v) is 5.16. The lowest BCUT2D eigenvalue weighted by atomic mass is 10.2. The highest BCUT2D eigenvalue weighted by atomic mass is 32.1. The van der Waals surface area contributed by atoms with Gasteiger partial charge in [-0.15, -0.1) is 0 Å². The largest absolute Gasteiger partial charge is 0.364 e. The minimum Gasteiger partial charge on any atom is -0.364 e. The van der Waals surface area contributed by atoms with Crippen molar-refractivity contribution >= 4 is 29.1 Å². The van der Waals surface area contributed by atoms with E-state index in [1.165, 1.54) is 0 Å². The van der Waals surface area contributed by atoms with Crippen LogP contribution in [0.15, 0.2) is 30.3 Å². The molecule has 1 atom stereocenters. The van der Waals surface area contributed by atoms with Crippen LogP contribution in [0.25, 0.3) is 0 Å². The third-order valence-electron chi connectivity index (χ3n) is 3.35. The van der Waals surface area contributed by atoms with Gasteiger partial charge in [-0.25, -0.2) is 0 Å². The fourth-order valence-electron chi connectivity index (χ4n) is 2.25. The Bertz CT molecular complexity index is 535. The summed E-state index contributed by atoms with van der Waals surface area (Å²) < 4.78 is 0. The lowest BCUT2D eigenvalue weighted by Crippen LogP contribution is -2.52. The van der Waals surface area contributed by atoms with Crippen molar-refractivity contribution < 1.29 is 9.59 Å². The Balaban J connectivity index is 1.99. The van der Waals surface area contributed by atoms with Crippen molar-refractivity contribution in [1.29, 1.82) is 0 Å². The molecule has 6 nitrogen and oxygen atoms in total. The number of amides is 2. The van der Waals surface area contributed by atoms with Crippen molar-refractivity contribution in [1.82, 2.24) is 21.1 Å². The quantitative estimate of drug-likeness (QED) is 0.553. The van der Waals surface area contributed by atoms with Crippen LogP contribution in [0.4, 0.5) is 0 Å². The van der Waals surface area contributed by atoms with Gasteiger partial charge in [0.25, 0.3) is 5.91 Å². The number of hydrazine groups is 1. The summed E-state index contributed by atoms with van der Waals surface area (Å²) in [6, 6.07) is 9.16. The van der Waals surface area contributed by atoms with E-state index in [1.807, 2.05) is 30.3 Å². The number of hydrogen-bond donors (Lipinski definition) is 3. The molecule has 0 bridgehead atoms. The number of carbonyl (C=O) groups is 2. The summed E-state index contributed by atoms with van der Waals surface area (Å²) in [5.74, 6) is -0.260. The molecule has 0 aliphatic carbocycles. The minimum atomic E-state index is -0.468. The van der Waals surface area contributed by atoms with E-state index in [-0.39, 0.29) is 11.8 Å². The summed E-state index contributed by atoms with van der Waals surface area (Å²) in [5.41, 5.74) is 6.12. The SMILES string of the molecule is CNC(=S)NNC(=O)C1CCC(=O)N1Cc1ccccc1. The predicted molar refractivity (Wildman–Crippen MR) is 83.0 cm³/mol. The molecular weight excluding hydrogens is 288 g/mol. The van der Waals surface area contributed by atoms with Crippen LogP contribution in [0.1, 0.15) is 18.4 Å². The van der Waals surface area contributed by atoms with E-state index in [2.05, 4.69) is 16.2 Å². The maximum atomic E-state index is 12.2. The van der Waals surface area contributed by atoms with Crippen LogP contribution < -0.4 is 16.2 Å². The summed E-state index contributed by atoms with van der Waals surface area (Å²) in [7, 11) is 1.66. The van der Waals surface area contributed by atoms with Crippen molar-refractivity contribution in [2.24, 2.45) is 0 Å². The Morgan fingerprint density at radius 1 is 1.33 bits per heavy atom. The van der Waals surface area contributed by atoms with Crippen molar-refractivity contribution in [2.45, 2.75) is 25.4 Å². The first-order valence-electron chi connectivity index (χ1n) is 6.73. The molecule has 1 unspecified atom stereocenters. The molecule has 0 aromatic heterocycles. The zero-order chi connectivity index (χ0) is 15.2. The first kappa shape index (κ1) is 15.2. The monoisotopic (exact) mass is 306 g/mol. The average Bonchev–Trinajstić information content (AvgIpc) is 2.87. The van der Waals surface area contributed by atoms with E-state index in [0.717, 1.165) is 5.56 Å². The number of rotatable bonds is 3. The first-order chi connectivity index (χ1) is 10.1. The third kappa shape index (κ3) is 3.91. The number of carbonyl (C=O) groups excluding carboxylic acids is 2. The molecule has 21 heavy (non-hydrogen) atoms. The van der Waals surface area contributed by atoms with Gasteiger partial charge in [0.15, 0.2) is 5.11 Å². The highest BCUT2D eigenvalue weighted by Gasteiger charge is 2.35. The van der Waals surface area contributed by atoms with Gasteiger partial charge in [0.05, 0.1) is 0 Å². The first-order valence-corrected chi connectivity index (χ1v) is 7.13. The van der Waals surface area contributed by atoms with Gasteiger partial charge in [-0.1, -0.05) is 30.3 Å². The Morgan fingerprint density at radius 3 is 2.71 bits per heavy atom. The highest BCUT2D eigenvalue weighted by Crippen LogP contribution is 2.21. The lowest BCUT2D eigenvalue weighted by molar-refractivity contribution is -0.136. The zero-order valence-corrected chi connectivity index (χ0v) is 12.6. The van der Waals surface area contributed by atoms with Gasteiger partial charge in [0, 0.05) is 20.0 Å². The van der Waals surface area contributed by atoms with Crippen molar-refractivity contribution in [2.75, 3.05) is 7.05 Å². The number of hydrogen-bond acceptors (Lipinski definition) is 3. The fourth-order valence-corrected chi connectivity index (χ4v) is 2.30. The smallest absolute Gasteiger partial charge is 0.261 e. The summed E-state index contributed by atoms with van der Waals surface area (Å²) in [6.45, 7) is 0.439. The maximum Gasteiger partial charge on any atom is 0.261 e. The molecule has 1 saturated heterocycles. The Morgan fingerprint density at radius 2 is 2.05 bits per heavy atom. The molecule has 1 fully saturated rings. The number of likely N-dealkylation sites (tertiary alicyclic amines) is 1. The summed E-state index contributed by atoms with van der Waals surface area (Å²) >= 11 is 4.89. The summed E-state index contributed by atoms with van der Waals surface area (Å²) in [4.78, 5) is 25.7. The summed E-state index contributed by atoms with van der Waals surface area (Å²) in [5, 5.41) is 3.02. The van der Waals surface area contributed by atoms with Crippen LogP contribution >= 0.6 is 12.2 Å². The molecule has 1 aliphatic heterocycles. The summed E-state index contributed by atoms with van der Waals surface area (Å²) in [6.07, 6.45) is 0.910. The van der Waals surface area contributed by atoms with Crippen LogP contribution in [-0.2, 0) is 16.1 Å².